The van der Waals surface area contributed by atoms with Crippen LogP contribution < -0.4 is 4.90 Å². The molecule has 2 aliphatic heterocycles. The van der Waals surface area contributed by atoms with Crippen molar-refractivity contribution in [3.05, 3.63) is 33.9 Å². The first-order valence-corrected chi connectivity index (χ1v) is 8.07. The first-order valence-electron chi connectivity index (χ1n) is 8.07. The number of anilines is 1. The highest BCUT2D eigenvalue weighted by Crippen LogP contribution is 2.29. The van der Waals surface area contributed by atoms with Gasteiger partial charge in [-0.3, -0.25) is 14.9 Å². The largest absolute Gasteiger partial charge is 0.391 e. The van der Waals surface area contributed by atoms with E-state index < -0.39 is 11.0 Å². The molecule has 124 valence electrons. The second-order valence-electron chi connectivity index (χ2n) is 6.20. The zero-order valence-corrected chi connectivity index (χ0v) is 13.0. The Morgan fingerprint density at radius 2 is 1.96 bits per heavy atom. The summed E-state index contributed by atoms with van der Waals surface area (Å²) in [6, 6.07) is 4.67. The van der Waals surface area contributed by atoms with Crippen LogP contribution in [0.1, 0.15) is 36.0 Å². The Morgan fingerprint density at radius 1 is 1.22 bits per heavy atom. The van der Waals surface area contributed by atoms with Crippen molar-refractivity contribution in [2.24, 2.45) is 0 Å². The number of benzene rings is 1. The summed E-state index contributed by atoms with van der Waals surface area (Å²) in [5.74, 6) is -0.270. The Balaban J connectivity index is 1.92. The molecule has 23 heavy (non-hydrogen) atoms. The number of hydrogen-bond donors (Lipinski definition) is 1. The van der Waals surface area contributed by atoms with Crippen molar-refractivity contribution in [1.29, 1.82) is 0 Å². The quantitative estimate of drug-likeness (QED) is 0.678. The number of β-amino-alcohol motifs (C(OH)–C–C–N with tert-alkyl or cyclic N) is 1. The maximum absolute atomic E-state index is 12.6. The first-order chi connectivity index (χ1) is 11.1. The fraction of sp³-hybridized carbons (Fsp3) is 0.562. The van der Waals surface area contributed by atoms with E-state index in [4.69, 9.17) is 0 Å². The highest BCUT2D eigenvalue weighted by atomic mass is 16.6. The van der Waals surface area contributed by atoms with Crippen LogP contribution in [0.15, 0.2) is 18.2 Å². The van der Waals surface area contributed by atoms with Crippen LogP contribution in [-0.4, -0.2) is 53.1 Å². The van der Waals surface area contributed by atoms with E-state index in [0.717, 1.165) is 37.9 Å². The zero-order valence-electron chi connectivity index (χ0n) is 13.0. The summed E-state index contributed by atoms with van der Waals surface area (Å²) < 4.78 is 0. The Kier molecular flexibility index (Phi) is 4.47. The van der Waals surface area contributed by atoms with E-state index in [1.165, 1.54) is 6.07 Å². The van der Waals surface area contributed by atoms with Crippen LogP contribution in [0.25, 0.3) is 0 Å². The summed E-state index contributed by atoms with van der Waals surface area (Å²) in [5, 5.41) is 21.1. The molecule has 0 saturated carbocycles. The lowest BCUT2D eigenvalue weighted by Crippen LogP contribution is -2.38. The number of hydrogen-bond acceptors (Lipinski definition) is 5. The predicted molar refractivity (Wildman–Crippen MR) is 85.7 cm³/mol. The van der Waals surface area contributed by atoms with Crippen LogP contribution in [0.4, 0.5) is 11.4 Å². The molecule has 1 amide bonds. The fourth-order valence-corrected chi connectivity index (χ4v) is 3.33. The minimum Gasteiger partial charge on any atom is -0.391 e. The van der Waals surface area contributed by atoms with Crippen molar-refractivity contribution in [2.45, 2.75) is 31.8 Å². The van der Waals surface area contributed by atoms with E-state index in [1.807, 2.05) is 4.90 Å². The predicted octanol–water partition coefficient (Wildman–Crippen LogP) is 1.79. The Morgan fingerprint density at radius 3 is 2.61 bits per heavy atom. The molecule has 7 nitrogen and oxygen atoms in total. The van der Waals surface area contributed by atoms with Gasteiger partial charge in [-0.25, -0.2) is 0 Å². The molecule has 0 spiro atoms. The van der Waals surface area contributed by atoms with Crippen LogP contribution in [0.3, 0.4) is 0 Å². The van der Waals surface area contributed by atoms with Crippen molar-refractivity contribution >= 4 is 17.3 Å². The summed E-state index contributed by atoms with van der Waals surface area (Å²) in [7, 11) is 0. The van der Waals surface area contributed by atoms with Gasteiger partial charge in [0.25, 0.3) is 11.6 Å². The van der Waals surface area contributed by atoms with Crippen LogP contribution in [0.5, 0.6) is 0 Å². The van der Waals surface area contributed by atoms with E-state index in [-0.39, 0.29) is 17.2 Å². The molecular formula is C16H21N3O4. The van der Waals surface area contributed by atoms with Gasteiger partial charge in [-0.1, -0.05) is 0 Å². The molecule has 1 atom stereocenters. The molecule has 0 radical (unpaired) electrons. The number of nitro groups is 1. The lowest BCUT2D eigenvalue weighted by atomic mass is 10.1. The summed E-state index contributed by atoms with van der Waals surface area (Å²) in [4.78, 5) is 27.0. The molecule has 3 rings (SSSR count). The standard InChI is InChI=1S/C16H21N3O4/c20-13-4-3-9-18(11-13)12-5-6-15(19(22)23)14(10-12)16(21)17-7-1-2-8-17/h5-6,10,13,20H,1-4,7-9,11H2. The molecule has 7 heteroatoms. The number of carbonyl (C=O) groups excluding carboxylic acids is 1. The lowest BCUT2D eigenvalue weighted by molar-refractivity contribution is -0.385. The van der Waals surface area contributed by atoms with Gasteiger partial charge in [0.15, 0.2) is 0 Å². The van der Waals surface area contributed by atoms with E-state index in [2.05, 4.69) is 0 Å². The van der Waals surface area contributed by atoms with Gasteiger partial charge < -0.3 is 14.9 Å². The third-order valence-corrected chi connectivity index (χ3v) is 4.56. The molecule has 2 heterocycles. The molecule has 0 aliphatic carbocycles. The fourth-order valence-electron chi connectivity index (χ4n) is 3.33. The van der Waals surface area contributed by atoms with Gasteiger partial charge >= 0.3 is 0 Å². The minimum atomic E-state index is -0.502. The number of rotatable bonds is 3. The number of piperidine rings is 1. The molecule has 0 bridgehead atoms. The minimum absolute atomic E-state index is 0.148. The van der Waals surface area contributed by atoms with Crippen molar-refractivity contribution in [1.82, 2.24) is 4.90 Å². The van der Waals surface area contributed by atoms with Gasteiger partial charge in [0.1, 0.15) is 5.56 Å². The number of aliphatic hydroxyl groups is 1. The maximum atomic E-state index is 12.6. The Bertz CT molecular complexity index is 613. The van der Waals surface area contributed by atoms with Gasteiger partial charge in [0, 0.05) is 37.9 Å². The van der Waals surface area contributed by atoms with Gasteiger partial charge in [0.2, 0.25) is 0 Å². The van der Waals surface area contributed by atoms with Crippen molar-refractivity contribution in [3.8, 4) is 0 Å². The summed E-state index contributed by atoms with van der Waals surface area (Å²) in [6.07, 6.45) is 3.13. The molecule has 1 N–H and O–H groups in total. The molecule has 1 unspecified atom stereocenters. The topological polar surface area (TPSA) is 86.9 Å². The highest BCUT2D eigenvalue weighted by molar-refractivity contribution is 5.99. The maximum Gasteiger partial charge on any atom is 0.282 e. The Labute approximate surface area is 134 Å². The first kappa shape index (κ1) is 15.7. The van der Waals surface area contributed by atoms with Crippen LogP contribution in [0.2, 0.25) is 0 Å². The van der Waals surface area contributed by atoms with E-state index in [9.17, 15) is 20.0 Å². The molecular weight excluding hydrogens is 298 g/mol. The normalized spacial score (nSPS) is 21.5. The monoisotopic (exact) mass is 319 g/mol. The smallest absolute Gasteiger partial charge is 0.282 e. The van der Waals surface area contributed by atoms with Gasteiger partial charge in [0.05, 0.1) is 11.0 Å². The van der Waals surface area contributed by atoms with Gasteiger partial charge in [-0.15, -0.1) is 0 Å². The third-order valence-electron chi connectivity index (χ3n) is 4.56. The van der Waals surface area contributed by atoms with Crippen LogP contribution >= 0.6 is 0 Å². The number of aliphatic hydroxyl groups excluding tert-OH is 1. The molecule has 2 saturated heterocycles. The van der Waals surface area contributed by atoms with Crippen LogP contribution in [-0.2, 0) is 0 Å². The van der Waals surface area contributed by atoms with E-state index in [0.29, 0.717) is 19.6 Å². The molecule has 2 aliphatic rings. The SMILES string of the molecule is O=C(c1cc(N2CCCC(O)C2)ccc1[N+](=O)[O-])N1CCCC1. The van der Waals surface area contributed by atoms with Crippen LogP contribution in [0, 0.1) is 10.1 Å². The van der Waals surface area contributed by atoms with Crippen molar-refractivity contribution in [3.63, 3.8) is 0 Å². The second kappa shape index (κ2) is 6.54. The molecule has 0 aromatic heterocycles. The van der Waals surface area contributed by atoms with Gasteiger partial charge in [-0.2, -0.15) is 0 Å². The summed E-state index contributed by atoms with van der Waals surface area (Å²) in [6.45, 7) is 2.59. The average molecular weight is 319 g/mol. The highest BCUT2D eigenvalue weighted by Gasteiger charge is 2.28. The number of carbonyl (C=O) groups is 1. The second-order valence-corrected chi connectivity index (χ2v) is 6.20. The average Bonchev–Trinajstić information content (AvgIpc) is 3.08. The summed E-state index contributed by atoms with van der Waals surface area (Å²) in [5.41, 5.74) is 0.759. The zero-order chi connectivity index (χ0) is 16.4. The number of amides is 1. The number of nitrogens with zero attached hydrogens (tertiary/aromatic N) is 3. The van der Waals surface area contributed by atoms with Crippen molar-refractivity contribution in [2.75, 3.05) is 31.1 Å². The van der Waals surface area contributed by atoms with E-state index in [1.54, 1.807) is 17.0 Å². The number of likely N-dealkylation sites (tertiary alicyclic amines) is 1. The lowest BCUT2D eigenvalue weighted by Gasteiger charge is -2.32. The van der Waals surface area contributed by atoms with Crippen molar-refractivity contribution < 1.29 is 14.8 Å². The van der Waals surface area contributed by atoms with E-state index >= 15 is 0 Å². The third kappa shape index (κ3) is 3.29. The molecule has 1 aromatic rings. The Hall–Kier alpha value is -2.15. The summed E-state index contributed by atoms with van der Waals surface area (Å²) >= 11 is 0. The number of nitro benzene ring substituents is 1. The van der Waals surface area contributed by atoms with Gasteiger partial charge in [-0.05, 0) is 37.8 Å². The molecule has 2 fully saturated rings. The molecule has 1 aromatic carbocycles.